The summed E-state index contributed by atoms with van der Waals surface area (Å²) in [7, 11) is 0. The molecule has 24 heavy (non-hydrogen) atoms. The molecule has 2 heterocycles. The van der Waals surface area contributed by atoms with E-state index in [0.29, 0.717) is 12.4 Å². The van der Waals surface area contributed by atoms with E-state index in [1.54, 1.807) is 0 Å². The Morgan fingerprint density at radius 1 is 1.29 bits per heavy atom. The molecule has 6 nitrogen and oxygen atoms in total. The summed E-state index contributed by atoms with van der Waals surface area (Å²) in [6.45, 7) is 2.45. The van der Waals surface area contributed by atoms with Crippen molar-refractivity contribution >= 4 is 17.2 Å². The summed E-state index contributed by atoms with van der Waals surface area (Å²) >= 11 is 1.43. The standard InChI is InChI=1S/C17H17N3O3S/c1-12-5-2-3-6-13(12)8-9-18-15(21)11-20-16(19-23-17(20)22)14-7-4-10-24-14/h2-7,10H,8-9,11H2,1H3,(H,18,21). The second-order valence-corrected chi connectivity index (χ2v) is 6.31. The van der Waals surface area contributed by atoms with Gasteiger partial charge in [-0.05, 0) is 35.9 Å². The van der Waals surface area contributed by atoms with Crippen molar-refractivity contribution in [3.05, 3.63) is 63.5 Å². The number of carbonyl (C=O) groups is 1. The summed E-state index contributed by atoms with van der Waals surface area (Å²) < 4.78 is 5.94. The van der Waals surface area contributed by atoms with E-state index in [1.165, 1.54) is 27.0 Å². The maximum atomic E-state index is 12.1. The Kier molecular flexibility index (Phi) is 4.90. The van der Waals surface area contributed by atoms with E-state index in [4.69, 9.17) is 4.52 Å². The van der Waals surface area contributed by atoms with Crippen LogP contribution in [0.3, 0.4) is 0 Å². The van der Waals surface area contributed by atoms with Crippen LogP contribution in [0.1, 0.15) is 11.1 Å². The molecule has 0 bridgehead atoms. The fraction of sp³-hybridized carbons (Fsp3) is 0.235. The zero-order valence-corrected chi connectivity index (χ0v) is 14.0. The molecular weight excluding hydrogens is 326 g/mol. The van der Waals surface area contributed by atoms with Gasteiger partial charge in [0.25, 0.3) is 0 Å². The lowest BCUT2D eigenvalue weighted by Gasteiger charge is -2.08. The summed E-state index contributed by atoms with van der Waals surface area (Å²) in [4.78, 5) is 24.7. The summed E-state index contributed by atoms with van der Waals surface area (Å²) in [5.74, 6) is -0.497. The van der Waals surface area contributed by atoms with Gasteiger partial charge in [-0.25, -0.2) is 9.36 Å². The zero-order chi connectivity index (χ0) is 16.9. The SMILES string of the molecule is Cc1ccccc1CCNC(=O)Cn1c(-c2cccs2)noc1=O. The van der Waals surface area contributed by atoms with Crippen molar-refractivity contribution in [2.45, 2.75) is 19.9 Å². The van der Waals surface area contributed by atoms with Gasteiger partial charge in [0.1, 0.15) is 6.54 Å². The zero-order valence-electron chi connectivity index (χ0n) is 13.2. The average Bonchev–Trinajstić information content (AvgIpc) is 3.20. The van der Waals surface area contributed by atoms with Gasteiger partial charge in [-0.15, -0.1) is 11.3 Å². The highest BCUT2D eigenvalue weighted by molar-refractivity contribution is 7.13. The maximum Gasteiger partial charge on any atom is 0.442 e. The maximum absolute atomic E-state index is 12.1. The van der Waals surface area contributed by atoms with Crippen molar-refractivity contribution in [3.8, 4) is 10.7 Å². The summed E-state index contributed by atoms with van der Waals surface area (Å²) in [6, 6.07) is 11.7. The molecule has 1 amide bonds. The Morgan fingerprint density at radius 3 is 2.88 bits per heavy atom. The first-order valence-corrected chi connectivity index (χ1v) is 8.44. The van der Waals surface area contributed by atoms with Crippen molar-refractivity contribution in [2.75, 3.05) is 6.54 Å². The predicted octanol–water partition coefficient (Wildman–Crippen LogP) is 2.23. The molecule has 0 aliphatic heterocycles. The van der Waals surface area contributed by atoms with Crippen LogP contribution in [0.25, 0.3) is 10.7 Å². The van der Waals surface area contributed by atoms with Gasteiger partial charge in [-0.2, -0.15) is 0 Å². The smallest absolute Gasteiger partial charge is 0.354 e. The number of nitrogens with one attached hydrogen (secondary N) is 1. The molecule has 0 unspecified atom stereocenters. The lowest BCUT2D eigenvalue weighted by molar-refractivity contribution is -0.121. The van der Waals surface area contributed by atoms with Crippen molar-refractivity contribution in [2.24, 2.45) is 0 Å². The van der Waals surface area contributed by atoms with Crippen LogP contribution in [0, 0.1) is 6.92 Å². The largest absolute Gasteiger partial charge is 0.442 e. The topological polar surface area (TPSA) is 77.1 Å². The minimum atomic E-state index is -0.632. The molecule has 0 fully saturated rings. The third-order valence-corrected chi connectivity index (χ3v) is 4.57. The van der Waals surface area contributed by atoms with Crippen molar-refractivity contribution in [1.82, 2.24) is 15.0 Å². The molecule has 0 atom stereocenters. The quantitative estimate of drug-likeness (QED) is 0.744. The van der Waals surface area contributed by atoms with Gasteiger partial charge in [-0.3, -0.25) is 9.32 Å². The summed E-state index contributed by atoms with van der Waals surface area (Å²) in [5.41, 5.74) is 2.39. The minimum absolute atomic E-state index is 0.108. The van der Waals surface area contributed by atoms with E-state index in [2.05, 4.69) is 10.5 Å². The third kappa shape index (κ3) is 3.62. The van der Waals surface area contributed by atoms with Crippen LogP contribution in [-0.2, 0) is 17.8 Å². The van der Waals surface area contributed by atoms with Crippen LogP contribution >= 0.6 is 11.3 Å². The van der Waals surface area contributed by atoms with Crippen molar-refractivity contribution < 1.29 is 9.32 Å². The second-order valence-electron chi connectivity index (χ2n) is 5.36. The highest BCUT2D eigenvalue weighted by Crippen LogP contribution is 2.21. The van der Waals surface area contributed by atoms with Crippen molar-refractivity contribution in [1.29, 1.82) is 0 Å². The number of nitrogens with zero attached hydrogens (tertiary/aromatic N) is 2. The van der Waals surface area contributed by atoms with Gasteiger partial charge in [0.2, 0.25) is 5.91 Å². The molecule has 0 aliphatic rings. The Hall–Kier alpha value is -2.67. The Morgan fingerprint density at radius 2 is 2.12 bits per heavy atom. The van der Waals surface area contributed by atoms with E-state index in [0.717, 1.165) is 11.3 Å². The number of hydrogen-bond acceptors (Lipinski definition) is 5. The van der Waals surface area contributed by atoms with Crippen LogP contribution in [0.5, 0.6) is 0 Å². The van der Waals surface area contributed by atoms with E-state index >= 15 is 0 Å². The molecule has 0 saturated heterocycles. The van der Waals surface area contributed by atoms with Crippen LogP contribution in [-0.4, -0.2) is 22.2 Å². The number of amides is 1. The van der Waals surface area contributed by atoms with Gasteiger partial charge in [0.15, 0.2) is 5.82 Å². The first kappa shape index (κ1) is 16.2. The highest BCUT2D eigenvalue weighted by atomic mass is 32.1. The predicted molar refractivity (Wildman–Crippen MR) is 92.0 cm³/mol. The highest BCUT2D eigenvalue weighted by Gasteiger charge is 2.16. The summed E-state index contributed by atoms with van der Waals surface area (Å²) in [5, 5.41) is 8.46. The Bertz CT molecular complexity index is 881. The molecule has 7 heteroatoms. The number of aryl methyl sites for hydroxylation is 1. The fourth-order valence-corrected chi connectivity index (χ4v) is 3.13. The van der Waals surface area contributed by atoms with Crippen molar-refractivity contribution in [3.63, 3.8) is 0 Å². The molecule has 1 N–H and O–H groups in total. The number of benzene rings is 1. The number of carbonyl (C=O) groups excluding carboxylic acids is 1. The van der Waals surface area contributed by atoms with Gasteiger partial charge in [0.05, 0.1) is 4.88 Å². The van der Waals surface area contributed by atoms with E-state index in [9.17, 15) is 9.59 Å². The van der Waals surface area contributed by atoms with Gasteiger partial charge < -0.3 is 5.32 Å². The third-order valence-electron chi connectivity index (χ3n) is 3.71. The van der Waals surface area contributed by atoms with E-state index in [1.807, 2.05) is 48.7 Å². The number of thiophene rings is 1. The monoisotopic (exact) mass is 343 g/mol. The molecule has 1 aromatic carbocycles. The molecule has 3 rings (SSSR count). The molecule has 0 spiro atoms. The number of hydrogen-bond donors (Lipinski definition) is 1. The van der Waals surface area contributed by atoms with Gasteiger partial charge >= 0.3 is 5.76 Å². The molecule has 0 aliphatic carbocycles. The first-order chi connectivity index (χ1) is 11.6. The van der Waals surface area contributed by atoms with Crippen LogP contribution in [0.2, 0.25) is 0 Å². The normalized spacial score (nSPS) is 10.7. The molecule has 0 saturated carbocycles. The van der Waals surface area contributed by atoms with Gasteiger partial charge in [-0.1, -0.05) is 35.5 Å². The van der Waals surface area contributed by atoms with Crippen LogP contribution in [0.4, 0.5) is 0 Å². The molecular formula is C17H17N3O3S. The average molecular weight is 343 g/mol. The molecule has 0 radical (unpaired) electrons. The second kappa shape index (κ2) is 7.27. The van der Waals surface area contributed by atoms with Crippen LogP contribution in [0.15, 0.2) is 51.1 Å². The first-order valence-electron chi connectivity index (χ1n) is 7.57. The molecule has 124 valence electrons. The Balaban J connectivity index is 1.61. The molecule has 2 aromatic heterocycles. The van der Waals surface area contributed by atoms with E-state index < -0.39 is 5.76 Å². The number of aromatic nitrogens is 2. The van der Waals surface area contributed by atoms with Gasteiger partial charge in [0, 0.05) is 6.54 Å². The lowest BCUT2D eigenvalue weighted by atomic mass is 10.1. The Labute approximate surface area is 142 Å². The lowest BCUT2D eigenvalue weighted by Crippen LogP contribution is -2.32. The molecule has 3 aromatic rings. The minimum Gasteiger partial charge on any atom is -0.354 e. The fourth-order valence-electron chi connectivity index (χ4n) is 2.42. The summed E-state index contributed by atoms with van der Waals surface area (Å²) in [6.07, 6.45) is 0.745. The number of rotatable bonds is 6. The van der Waals surface area contributed by atoms with Crippen LogP contribution < -0.4 is 11.1 Å². The van der Waals surface area contributed by atoms with E-state index in [-0.39, 0.29) is 12.5 Å².